The maximum Gasteiger partial charge on any atom is 0.217 e. The van der Waals surface area contributed by atoms with Crippen molar-refractivity contribution in [2.24, 2.45) is 11.7 Å². The van der Waals surface area contributed by atoms with E-state index in [1.54, 1.807) is 0 Å². The highest BCUT2D eigenvalue weighted by atomic mass is 16.3. The molecule has 0 aliphatic carbocycles. The second-order valence-corrected chi connectivity index (χ2v) is 6.34. The van der Waals surface area contributed by atoms with Crippen LogP contribution in [-0.4, -0.2) is 45.4 Å². The van der Waals surface area contributed by atoms with Gasteiger partial charge in [0.05, 0.1) is 18.8 Å². The number of primary amides is 1. The molecule has 22 heavy (non-hydrogen) atoms. The van der Waals surface area contributed by atoms with Crippen LogP contribution in [-0.2, 0) is 17.9 Å². The van der Waals surface area contributed by atoms with E-state index in [4.69, 9.17) is 10.8 Å². The normalized spacial score (nSPS) is 19.5. The maximum absolute atomic E-state index is 10.9. The Balaban J connectivity index is 1.96. The van der Waals surface area contributed by atoms with Crippen molar-refractivity contribution >= 4 is 5.91 Å². The first-order chi connectivity index (χ1) is 10.5. The number of carbonyl (C=O) groups is 1. The minimum Gasteiger partial charge on any atom is -0.394 e. The van der Waals surface area contributed by atoms with E-state index < -0.39 is 0 Å². The monoisotopic (exact) mass is 308 g/mol. The molecule has 6 nitrogen and oxygen atoms in total. The Morgan fingerprint density at radius 3 is 2.91 bits per heavy atom. The van der Waals surface area contributed by atoms with E-state index in [9.17, 15) is 4.79 Å². The van der Waals surface area contributed by atoms with Crippen LogP contribution in [0.3, 0.4) is 0 Å². The highest BCUT2D eigenvalue weighted by Gasteiger charge is 2.22. The third-order valence-corrected chi connectivity index (χ3v) is 4.63. The van der Waals surface area contributed by atoms with Crippen molar-refractivity contribution < 1.29 is 9.90 Å². The van der Waals surface area contributed by atoms with Crippen LogP contribution in [0.1, 0.15) is 42.6 Å². The first-order valence-electron chi connectivity index (χ1n) is 8.15. The number of nitrogens with two attached hydrogens (primary N) is 1. The summed E-state index contributed by atoms with van der Waals surface area (Å²) in [6.45, 7) is 7.78. The third-order valence-electron chi connectivity index (χ3n) is 4.63. The topological polar surface area (TPSA) is 84.4 Å². The van der Waals surface area contributed by atoms with E-state index in [0.717, 1.165) is 37.4 Å². The van der Waals surface area contributed by atoms with Crippen LogP contribution in [0.4, 0.5) is 0 Å². The fourth-order valence-corrected chi connectivity index (χ4v) is 3.38. The Morgan fingerprint density at radius 2 is 2.23 bits per heavy atom. The smallest absolute Gasteiger partial charge is 0.217 e. The minimum absolute atomic E-state index is 0.111. The molecule has 124 valence electrons. The summed E-state index contributed by atoms with van der Waals surface area (Å²) in [6, 6.07) is 0. The fourth-order valence-electron chi connectivity index (χ4n) is 3.38. The predicted molar refractivity (Wildman–Crippen MR) is 85.2 cm³/mol. The maximum atomic E-state index is 10.9. The molecule has 6 heteroatoms. The summed E-state index contributed by atoms with van der Waals surface area (Å²) < 4.78 is 1.89. The van der Waals surface area contributed by atoms with Crippen LogP contribution in [0, 0.1) is 19.8 Å². The van der Waals surface area contributed by atoms with Crippen molar-refractivity contribution in [2.75, 3.05) is 19.7 Å². The number of aliphatic hydroxyl groups is 1. The van der Waals surface area contributed by atoms with Crippen molar-refractivity contribution in [3.05, 3.63) is 17.0 Å². The molecular formula is C16H28N4O2. The van der Waals surface area contributed by atoms with Gasteiger partial charge in [0.15, 0.2) is 0 Å². The van der Waals surface area contributed by atoms with Gasteiger partial charge in [0.1, 0.15) is 0 Å². The molecule has 2 heterocycles. The summed E-state index contributed by atoms with van der Waals surface area (Å²) in [5.74, 6) is 0.364. The van der Waals surface area contributed by atoms with Gasteiger partial charge in [-0.1, -0.05) is 0 Å². The van der Waals surface area contributed by atoms with Crippen molar-refractivity contribution in [2.45, 2.75) is 52.6 Å². The van der Waals surface area contributed by atoms with Crippen LogP contribution in [0.15, 0.2) is 0 Å². The summed E-state index contributed by atoms with van der Waals surface area (Å²) >= 11 is 0. The van der Waals surface area contributed by atoms with Crippen molar-refractivity contribution in [1.29, 1.82) is 0 Å². The summed E-state index contributed by atoms with van der Waals surface area (Å²) in [7, 11) is 0. The van der Waals surface area contributed by atoms with Gasteiger partial charge in [0.25, 0.3) is 0 Å². The van der Waals surface area contributed by atoms with E-state index >= 15 is 0 Å². The van der Waals surface area contributed by atoms with Gasteiger partial charge in [-0.2, -0.15) is 5.10 Å². The lowest BCUT2D eigenvalue weighted by molar-refractivity contribution is -0.118. The molecular weight excluding hydrogens is 280 g/mol. The Hall–Kier alpha value is -1.40. The number of hydrogen-bond acceptors (Lipinski definition) is 4. The zero-order valence-electron chi connectivity index (χ0n) is 13.7. The number of aromatic nitrogens is 2. The number of nitrogens with zero attached hydrogens (tertiary/aromatic N) is 3. The molecule has 1 aromatic rings. The van der Waals surface area contributed by atoms with Crippen molar-refractivity contribution in [1.82, 2.24) is 14.7 Å². The molecule has 1 atom stereocenters. The van der Waals surface area contributed by atoms with Gasteiger partial charge in [-0.25, -0.2) is 0 Å². The standard InChI is InChI=1S/C16H28N4O2/c1-12-15(13(2)20(18-12)8-9-21)11-19-7-3-4-14(10-19)5-6-16(17)22/h14,21H,3-11H2,1-2H3,(H2,17,22). The lowest BCUT2D eigenvalue weighted by atomic mass is 9.93. The average molecular weight is 308 g/mol. The van der Waals surface area contributed by atoms with E-state index in [0.29, 0.717) is 18.9 Å². The lowest BCUT2D eigenvalue weighted by Gasteiger charge is -2.32. The number of piperidine rings is 1. The molecule has 0 saturated carbocycles. The molecule has 0 radical (unpaired) electrons. The van der Waals surface area contributed by atoms with Crippen LogP contribution in [0.5, 0.6) is 0 Å². The van der Waals surface area contributed by atoms with Gasteiger partial charge < -0.3 is 10.8 Å². The molecule has 1 aliphatic rings. The molecule has 1 aliphatic heterocycles. The molecule has 1 fully saturated rings. The zero-order chi connectivity index (χ0) is 16.1. The van der Waals surface area contributed by atoms with Gasteiger partial charge in [0.2, 0.25) is 5.91 Å². The number of rotatable bonds is 7. The van der Waals surface area contributed by atoms with E-state index in [1.165, 1.54) is 18.4 Å². The van der Waals surface area contributed by atoms with E-state index in [2.05, 4.69) is 16.9 Å². The predicted octanol–water partition coefficient (Wildman–Crippen LogP) is 0.970. The Bertz CT molecular complexity index is 512. The molecule has 1 amide bonds. The van der Waals surface area contributed by atoms with Crippen molar-refractivity contribution in [3.63, 3.8) is 0 Å². The second kappa shape index (κ2) is 7.74. The Morgan fingerprint density at radius 1 is 1.45 bits per heavy atom. The highest BCUT2D eigenvalue weighted by Crippen LogP contribution is 2.24. The van der Waals surface area contributed by atoms with E-state index in [-0.39, 0.29) is 12.5 Å². The first kappa shape index (κ1) is 17.0. The molecule has 1 aromatic heterocycles. The number of amides is 1. The van der Waals surface area contributed by atoms with Gasteiger partial charge in [-0.15, -0.1) is 0 Å². The summed E-state index contributed by atoms with van der Waals surface area (Å²) in [4.78, 5) is 13.4. The van der Waals surface area contributed by atoms with Crippen LogP contribution >= 0.6 is 0 Å². The minimum atomic E-state index is -0.200. The zero-order valence-corrected chi connectivity index (χ0v) is 13.7. The largest absolute Gasteiger partial charge is 0.394 e. The van der Waals surface area contributed by atoms with Crippen LogP contribution < -0.4 is 5.73 Å². The number of likely N-dealkylation sites (tertiary alicyclic amines) is 1. The Kier molecular flexibility index (Phi) is 5.97. The van der Waals surface area contributed by atoms with Gasteiger partial charge >= 0.3 is 0 Å². The Labute approximate surface area is 132 Å². The number of hydrogen-bond donors (Lipinski definition) is 2. The van der Waals surface area contributed by atoms with Gasteiger partial charge in [0, 0.05) is 30.8 Å². The third kappa shape index (κ3) is 4.30. The molecule has 0 bridgehead atoms. The first-order valence-corrected chi connectivity index (χ1v) is 8.15. The van der Waals surface area contributed by atoms with Gasteiger partial charge in [-0.05, 0) is 45.6 Å². The van der Waals surface area contributed by atoms with Crippen molar-refractivity contribution in [3.8, 4) is 0 Å². The average Bonchev–Trinajstić information content (AvgIpc) is 2.74. The summed E-state index contributed by atoms with van der Waals surface area (Å²) in [6.07, 6.45) is 3.75. The molecule has 3 N–H and O–H groups in total. The quantitative estimate of drug-likeness (QED) is 0.786. The van der Waals surface area contributed by atoms with Crippen LogP contribution in [0.25, 0.3) is 0 Å². The molecule has 1 saturated heterocycles. The highest BCUT2D eigenvalue weighted by molar-refractivity contribution is 5.73. The van der Waals surface area contributed by atoms with Crippen LogP contribution in [0.2, 0.25) is 0 Å². The lowest BCUT2D eigenvalue weighted by Crippen LogP contribution is -2.35. The number of aryl methyl sites for hydroxylation is 1. The molecule has 0 aromatic carbocycles. The molecule has 0 spiro atoms. The molecule has 1 unspecified atom stereocenters. The van der Waals surface area contributed by atoms with Gasteiger partial charge in [-0.3, -0.25) is 14.4 Å². The summed E-state index contributed by atoms with van der Waals surface area (Å²) in [5.41, 5.74) is 8.71. The fraction of sp³-hybridized carbons (Fsp3) is 0.750. The number of aliphatic hydroxyl groups excluding tert-OH is 1. The number of carbonyl (C=O) groups excluding carboxylic acids is 1. The second-order valence-electron chi connectivity index (χ2n) is 6.34. The summed E-state index contributed by atoms with van der Waals surface area (Å²) in [5, 5.41) is 13.6. The van der Waals surface area contributed by atoms with E-state index in [1.807, 2.05) is 11.6 Å². The SMILES string of the molecule is Cc1nn(CCO)c(C)c1CN1CCCC(CCC(N)=O)C1. The molecule has 2 rings (SSSR count).